The average Bonchev–Trinajstić information content (AvgIpc) is 2.87. The number of anilines is 3. The van der Waals surface area contributed by atoms with Crippen LogP contribution in [0.4, 0.5) is 17.1 Å². The molecular weight excluding hydrogens is 402 g/mol. The summed E-state index contributed by atoms with van der Waals surface area (Å²) in [5.41, 5.74) is 10.9. The van der Waals surface area contributed by atoms with E-state index < -0.39 is 0 Å². The Labute approximate surface area is 193 Å². The van der Waals surface area contributed by atoms with Crippen LogP contribution in [0.1, 0.15) is 11.1 Å². The lowest BCUT2D eigenvalue weighted by Gasteiger charge is -2.36. The number of fused-ring (bicyclic) bond motifs is 8. The highest BCUT2D eigenvalue weighted by atomic mass is 16.5. The molecule has 0 N–H and O–H groups in total. The summed E-state index contributed by atoms with van der Waals surface area (Å²) in [7, 11) is 0. The Hall–Kier alpha value is -4.30. The number of benzene rings is 5. The van der Waals surface area contributed by atoms with Crippen molar-refractivity contribution in [2.45, 2.75) is 6.42 Å². The van der Waals surface area contributed by atoms with Gasteiger partial charge in [-0.1, -0.05) is 91.0 Å². The van der Waals surface area contributed by atoms with Crippen molar-refractivity contribution in [3.05, 3.63) is 126 Å². The molecule has 0 unspecified atom stereocenters. The fourth-order valence-corrected chi connectivity index (χ4v) is 5.24. The minimum absolute atomic E-state index is 0.859. The van der Waals surface area contributed by atoms with E-state index in [-0.39, 0.29) is 0 Å². The Kier molecular flexibility index (Phi) is 3.94. The fraction of sp³-hybridized carbons (Fsp3) is 0.0323. The SMILES string of the molecule is c1ccc2c(c1)Cc1ccccc1N1c3ccccc3Oc3cccc(c31)-c1ccccc1-2. The van der Waals surface area contributed by atoms with Gasteiger partial charge >= 0.3 is 0 Å². The third kappa shape index (κ3) is 2.74. The third-order valence-electron chi connectivity index (χ3n) is 6.69. The quantitative estimate of drug-likeness (QED) is 0.242. The molecule has 33 heavy (non-hydrogen) atoms. The largest absolute Gasteiger partial charge is 0.453 e. The first kappa shape index (κ1) is 18.3. The van der Waals surface area contributed by atoms with Crippen LogP contribution in [0.15, 0.2) is 115 Å². The van der Waals surface area contributed by atoms with E-state index in [0.29, 0.717) is 0 Å². The minimum atomic E-state index is 0.859. The molecule has 2 aliphatic rings. The van der Waals surface area contributed by atoms with Crippen molar-refractivity contribution in [2.75, 3.05) is 4.90 Å². The van der Waals surface area contributed by atoms with Gasteiger partial charge in [-0.2, -0.15) is 0 Å². The molecule has 156 valence electrons. The van der Waals surface area contributed by atoms with Crippen molar-refractivity contribution in [1.29, 1.82) is 0 Å². The second-order valence-corrected chi connectivity index (χ2v) is 8.57. The summed E-state index contributed by atoms with van der Waals surface area (Å²) in [6.45, 7) is 0. The molecule has 0 fully saturated rings. The molecule has 0 saturated heterocycles. The normalized spacial score (nSPS) is 12.9. The standard InChI is InChI=1S/C31H21NO/c1-3-12-23-21(10-1)20-22-11-2-6-16-27(22)32-28-17-7-8-18-29(28)33-30-19-9-15-26(31(30)32)25-14-5-4-13-24(23)25/h1-19H,20H2. The zero-order chi connectivity index (χ0) is 21.8. The summed E-state index contributed by atoms with van der Waals surface area (Å²) in [5, 5.41) is 0. The van der Waals surface area contributed by atoms with E-state index in [1.807, 2.05) is 6.07 Å². The summed E-state index contributed by atoms with van der Waals surface area (Å²) in [4.78, 5) is 2.39. The maximum absolute atomic E-state index is 6.45. The monoisotopic (exact) mass is 423 g/mol. The molecule has 5 aromatic carbocycles. The predicted octanol–water partition coefficient (Wildman–Crippen LogP) is 8.50. The highest BCUT2D eigenvalue weighted by molar-refractivity contribution is 5.99. The zero-order valence-corrected chi connectivity index (χ0v) is 18.0. The van der Waals surface area contributed by atoms with Crippen molar-refractivity contribution in [1.82, 2.24) is 0 Å². The van der Waals surface area contributed by atoms with Crippen LogP contribution < -0.4 is 9.64 Å². The molecule has 0 aromatic heterocycles. The Morgan fingerprint density at radius 1 is 0.455 bits per heavy atom. The van der Waals surface area contributed by atoms with Gasteiger partial charge in [0.1, 0.15) is 0 Å². The van der Waals surface area contributed by atoms with Crippen LogP contribution in [0.25, 0.3) is 22.3 Å². The highest BCUT2D eigenvalue weighted by Crippen LogP contribution is 2.55. The van der Waals surface area contributed by atoms with Crippen LogP contribution in [-0.4, -0.2) is 0 Å². The number of para-hydroxylation sites is 4. The number of hydrogen-bond donors (Lipinski definition) is 0. The molecule has 0 saturated carbocycles. The molecule has 2 heterocycles. The van der Waals surface area contributed by atoms with Crippen LogP contribution in [0, 0.1) is 0 Å². The van der Waals surface area contributed by atoms with Crippen molar-refractivity contribution >= 4 is 17.1 Å². The second kappa shape index (κ2) is 7.11. The zero-order valence-electron chi connectivity index (χ0n) is 18.0. The van der Waals surface area contributed by atoms with Crippen molar-refractivity contribution in [3.8, 4) is 33.8 Å². The Bertz CT molecular complexity index is 1530. The molecule has 0 atom stereocenters. The first-order valence-electron chi connectivity index (χ1n) is 11.3. The Morgan fingerprint density at radius 3 is 1.88 bits per heavy atom. The van der Waals surface area contributed by atoms with Gasteiger partial charge in [0.25, 0.3) is 0 Å². The molecular formula is C31H21NO. The Balaban J connectivity index is 1.65. The fourth-order valence-electron chi connectivity index (χ4n) is 5.24. The third-order valence-corrected chi connectivity index (χ3v) is 6.69. The van der Waals surface area contributed by atoms with Gasteiger partial charge < -0.3 is 9.64 Å². The van der Waals surface area contributed by atoms with Gasteiger partial charge in [-0.25, -0.2) is 0 Å². The van der Waals surface area contributed by atoms with Gasteiger partial charge in [0.15, 0.2) is 11.5 Å². The van der Waals surface area contributed by atoms with Crippen LogP contribution in [0.3, 0.4) is 0 Å². The first-order chi connectivity index (χ1) is 16.4. The van der Waals surface area contributed by atoms with Crippen LogP contribution >= 0.6 is 0 Å². The summed E-state index contributed by atoms with van der Waals surface area (Å²) in [6, 6.07) is 41.0. The maximum atomic E-state index is 6.45. The van der Waals surface area contributed by atoms with E-state index in [9.17, 15) is 0 Å². The smallest absolute Gasteiger partial charge is 0.152 e. The Morgan fingerprint density at radius 2 is 1.03 bits per heavy atom. The van der Waals surface area contributed by atoms with E-state index in [2.05, 4.69) is 114 Å². The van der Waals surface area contributed by atoms with E-state index >= 15 is 0 Å². The molecule has 2 nitrogen and oxygen atoms in total. The highest BCUT2D eigenvalue weighted by Gasteiger charge is 2.31. The summed E-state index contributed by atoms with van der Waals surface area (Å²) in [5.74, 6) is 1.76. The summed E-state index contributed by atoms with van der Waals surface area (Å²) < 4.78 is 6.45. The van der Waals surface area contributed by atoms with E-state index in [1.54, 1.807) is 0 Å². The van der Waals surface area contributed by atoms with Crippen molar-refractivity contribution in [3.63, 3.8) is 0 Å². The average molecular weight is 424 g/mol. The van der Waals surface area contributed by atoms with E-state index in [1.165, 1.54) is 39.1 Å². The van der Waals surface area contributed by atoms with E-state index in [4.69, 9.17) is 4.74 Å². The van der Waals surface area contributed by atoms with Gasteiger partial charge in [-0.05, 0) is 52.1 Å². The molecule has 7 rings (SSSR count). The maximum Gasteiger partial charge on any atom is 0.152 e. The second-order valence-electron chi connectivity index (χ2n) is 8.57. The van der Waals surface area contributed by atoms with Crippen LogP contribution in [0.2, 0.25) is 0 Å². The molecule has 2 heteroatoms. The molecule has 0 spiro atoms. The van der Waals surface area contributed by atoms with Gasteiger partial charge in [0.2, 0.25) is 0 Å². The van der Waals surface area contributed by atoms with Crippen molar-refractivity contribution < 1.29 is 4.74 Å². The number of hydrogen-bond acceptors (Lipinski definition) is 2. The lowest BCUT2D eigenvalue weighted by atomic mass is 9.87. The first-order valence-corrected chi connectivity index (χ1v) is 11.3. The molecule has 0 bridgehead atoms. The predicted molar refractivity (Wildman–Crippen MR) is 135 cm³/mol. The number of nitrogens with zero attached hydrogens (tertiary/aromatic N) is 1. The van der Waals surface area contributed by atoms with Gasteiger partial charge in [-0.3, -0.25) is 0 Å². The molecule has 5 aromatic rings. The van der Waals surface area contributed by atoms with Gasteiger partial charge in [-0.15, -0.1) is 0 Å². The molecule has 0 aliphatic carbocycles. The van der Waals surface area contributed by atoms with Crippen LogP contribution in [-0.2, 0) is 6.42 Å². The lowest BCUT2D eigenvalue weighted by Crippen LogP contribution is -2.19. The minimum Gasteiger partial charge on any atom is -0.453 e. The molecule has 0 amide bonds. The molecule has 2 aliphatic heterocycles. The van der Waals surface area contributed by atoms with Gasteiger partial charge in [0.05, 0.1) is 11.4 Å². The van der Waals surface area contributed by atoms with Crippen LogP contribution in [0.5, 0.6) is 11.5 Å². The topological polar surface area (TPSA) is 12.5 Å². The summed E-state index contributed by atoms with van der Waals surface area (Å²) in [6.07, 6.45) is 0.859. The molecule has 0 radical (unpaired) electrons. The van der Waals surface area contributed by atoms with Gasteiger partial charge in [0, 0.05) is 17.7 Å². The van der Waals surface area contributed by atoms with E-state index in [0.717, 1.165) is 29.3 Å². The lowest BCUT2D eigenvalue weighted by molar-refractivity contribution is 0.477. The summed E-state index contributed by atoms with van der Waals surface area (Å²) >= 11 is 0. The number of ether oxygens (including phenoxy) is 1. The van der Waals surface area contributed by atoms with Crippen molar-refractivity contribution in [2.24, 2.45) is 0 Å². The number of rotatable bonds is 0.